The van der Waals surface area contributed by atoms with Gasteiger partial charge in [-0.1, -0.05) is 42.1 Å². The van der Waals surface area contributed by atoms with Gasteiger partial charge in [-0.3, -0.25) is 0 Å². The number of benzene rings is 1. The lowest BCUT2D eigenvalue weighted by atomic mass is 10.1. The summed E-state index contributed by atoms with van der Waals surface area (Å²) in [5.74, 6) is -1.14. The third-order valence-corrected chi connectivity index (χ3v) is 3.20. The fraction of sp³-hybridized carbons (Fsp3) is 0.0833. The summed E-state index contributed by atoms with van der Waals surface area (Å²) in [5.41, 5.74) is 0.671. The fourth-order valence-corrected chi connectivity index (χ4v) is 2.18. The Labute approximate surface area is 103 Å². The highest BCUT2D eigenvalue weighted by atomic mass is 32.2. The molecule has 0 radical (unpaired) electrons. The molecule has 1 aromatic carbocycles. The molecule has 2 rings (SSSR count). The summed E-state index contributed by atoms with van der Waals surface area (Å²) in [5, 5.41) is 10.7. The molecule has 2 aromatic rings. The molecule has 0 amide bonds. The Morgan fingerprint density at radius 1 is 1.12 bits per heavy atom. The molecule has 1 atom stereocenters. The Morgan fingerprint density at radius 3 is 2.35 bits per heavy atom. The molecule has 0 N–H and O–H groups in total. The number of carbonyl (C=O) groups excluding carboxylic acids is 1. The van der Waals surface area contributed by atoms with Crippen molar-refractivity contribution in [3.8, 4) is 0 Å². The van der Waals surface area contributed by atoms with Crippen molar-refractivity contribution in [3.05, 3.63) is 54.4 Å². The summed E-state index contributed by atoms with van der Waals surface area (Å²) >= 11 is 1.07. The maximum Gasteiger partial charge on any atom is 0.188 e. The number of hydrogen-bond donors (Lipinski definition) is 0. The van der Waals surface area contributed by atoms with Crippen LogP contribution in [0.25, 0.3) is 0 Å². The molecular weight excluding hydrogens is 236 g/mol. The highest BCUT2D eigenvalue weighted by Gasteiger charge is 2.15. The summed E-state index contributed by atoms with van der Waals surface area (Å²) in [4.78, 5) is 19.1. The first kappa shape index (κ1) is 11.6. The van der Waals surface area contributed by atoms with Crippen molar-refractivity contribution in [1.82, 2.24) is 9.97 Å². The van der Waals surface area contributed by atoms with E-state index in [1.165, 1.54) is 0 Å². The largest absolute Gasteiger partial charge is 0.549 e. The van der Waals surface area contributed by atoms with Gasteiger partial charge in [0.2, 0.25) is 0 Å². The number of aliphatic carboxylic acids is 1. The van der Waals surface area contributed by atoms with Gasteiger partial charge in [0.15, 0.2) is 5.16 Å². The van der Waals surface area contributed by atoms with Crippen molar-refractivity contribution in [2.45, 2.75) is 10.4 Å². The van der Waals surface area contributed by atoms with Crippen LogP contribution in [0.4, 0.5) is 0 Å². The number of thioether (sulfide) groups is 1. The molecule has 86 valence electrons. The van der Waals surface area contributed by atoms with E-state index in [9.17, 15) is 9.90 Å². The number of hydrogen-bond acceptors (Lipinski definition) is 5. The predicted octanol–water partition coefficient (Wildman–Crippen LogP) is 1.06. The third-order valence-electron chi connectivity index (χ3n) is 2.08. The van der Waals surface area contributed by atoms with E-state index in [-0.39, 0.29) is 0 Å². The van der Waals surface area contributed by atoms with Gasteiger partial charge in [-0.25, -0.2) is 9.97 Å². The summed E-state index contributed by atoms with van der Waals surface area (Å²) in [6, 6.07) is 10.6. The average molecular weight is 245 g/mol. The van der Waals surface area contributed by atoms with Crippen molar-refractivity contribution in [1.29, 1.82) is 0 Å². The van der Waals surface area contributed by atoms with Crippen LogP contribution in [0.1, 0.15) is 10.8 Å². The van der Waals surface area contributed by atoms with Crippen molar-refractivity contribution in [2.75, 3.05) is 0 Å². The molecule has 1 unspecified atom stereocenters. The molecule has 0 aliphatic heterocycles. The van der Waals surface area contributed by atoms with Crippen molar-refractivity contribution in [2.24, 2.45) is 0 Å². The molecule has 0 saturated carbocycles. The smallest absolute Gasteiger partial charge is 0.188 e. The molecular formula is C12H9N2O2S-. The van der Waals surface area contributed by atoms with Crippen LogP contribution in [0.2, 0.25) is 0 Å². The van der Waals surface area contributed by atoms with Gasteiger partial charge >= 0.3 is 0 Å². The molecule has 0 spiro atoms. The Hall–Kier alpha value is -1.88. The summed E-state index contributed by atoms with van der Waals surface area (Å²) in [6.45, 7) is 0. The Bertz CT molecular complexity index is 490. The molecule has 5 heteroatoms. The van der Waals surface area contributed by atoms with Gasteiger partial charge in [-0.05, 0) is 11.6 Å². The van der Waals surface area contributed by atoms with Crippen molar-refractivity contribution < 1.29 is 9.90 Å². The molecule has 0 aliphatic carbocycles. The zero-order valence-corrected chi connectivity index (χ0v) is 9.63. The highest BCUT2D eigenvalue weighted by molar-refractivity contribution is 8.00. The Balaban J connectivity index is 2.23. The molecule has 0 bridgehead atoms. The van der Waals surface area contributed by atoms with Crippen LogP contribution in [-0.2, 0) is 4.79 Å². The van der Waals surface area contributed by atoms with Gasteiger partial charge in [-0.2, -0.15) is 0 Å². The number of aromatic nitrogens is 2. The van der Waals surface area contributed by atoms with E-state index in [0.29, 0.717) is 10.7 Å². The van der Waals surface area contributed by atoms with E-state index < -0.39 is 11.2 Å². The van der Waals surface area contributed by atoms with Crippen LogP contribution in [0.3, 0.4) is 0 Å². The van der Waals surface area contributed by atoms with Crippen LogP contribution in [-0.4, -0.2) is 15.9 Å². The third kappa shape index (κ3) is 3.04. The minimum atomic E-state index is -1.14. The summed E-state index contributed by atoms with van der Waals surface area (Å²) < 4.78 is 0. The SMILES string of the molecule is O=C([O-])C(Sc1ncccn1)c1ccccc1. The first-order valence-corrected chi connectivity index (χ1v) is 5.85. The molecule has 0 saturated heterocycles. The number of carbonyl (C=O) groups is 1. The maximum atomic E-state index is 11.1. The molecule has 4 nitrogen and oxygen atoms in total. The van der Waals surface area contributed by atoms with Gasteiger partial charge < -0.3 is 9.90 Å². The second kappa shape index (κ2) is 5.45. The lowest BCUT2D eigenvalue weighted by Gasteiger charge is -2.16. The van der Waals surface area contributed by atoms with Crippen LogP contribution in [0.15, 0.2) is 53.9 Å². The highest BCUT2D eigenvalue weighted by Crippen LogP contribution is 2.32. The number of carboxylic acid groups (broad SMARTS) is 1. The second-order valence-corrected chi connectivity index (χ2v) is 4.33. The minimum absolute atomic E-state index is 0.422. The zero-order valence-electron chi connectivity index (χ0n) is 8.82. The van der Waals surface area contributed by atoms with Crippen LogP contribution < -0.4 is 5.11 Å². The standard InChI is InChI=1S/C12H10N2O2S/c15-11(16)10(9-5-2-1-3-6-9)17-12-13-7-4-8-14-12/h1-8,10H,(H,15,16)/p-1. The number of nitrogens with zero attached hydrogens (tertiary/aromatic N) is 2. The van der Waals surface area contributed by atoms with Gasteiger partial charge in [0.25, 0.3) is 0 Å². The molecule has 17 heavy (non-hydrogen) atoms. The minimum Gasteiger partial charge on any atom is -0.549 e. The van der Waals surface area contributed by atoms with E-state index in [1.807, 2.05) is 6.07 Å². The topological polar surface area (TPSA) is 65.9 Å². The van der Waals surface area contributed by atoms with E-state index in [1.54, 1.807) is 42.7 Å². The molecule has 1 heterocycles. The normalized spacial score (nSPS) is 12.0. The molecule has 0 fully saturated rings. The first-order valence-electron chi connectivity index (χ1n) is 4.97. The fourth-order valence-electron chi connectivity index (χ4n) is 1.33. The van der Waals surface area contributed by atoms with E-state index in [4.69, 9.17) is 0 Å². The Kier molecular flexibility index (Phi) is 3.72. The molecule has 1 aromatic heterocycles. The average Bonchev–Trinajstić information content (AvgIpc) is 2.38. The number of rotatable bonds is 4. The van der Waals surface area contributed by atoms with E-state index in [0.717, 1.165) is 11.8 Å². The first-order chi connectivity index (χ1) is 8.27. The van der Waals surface area contributed by atoms with Crippen LogP contribution in [0, 0.1) is 0 Å². The lowest BCUT2D eigenvalue weighted by Crippen LogP contribution is -2.28. The van der Waals surface area contributed by atoms with Gasteiger partial charge in [0.1, 0.15) is 0 Å². The monoisotopic (exact) mass is 245 g/mol. The van der Waals surface area contributed by atoms with Gasteiger partial charge in [-0.15, -0.1) is 0 Å². The van der Waals surface area contributed by atoms with Crippen LogP contribution >= 0.6 is 11.8 Å². The summed E-state index contributed by atoms with van der Waals surface area (Å²) in [7, 11) is 0. The van der Waals surface area contributed by atoms with Crippen LogP contribution in [0.5, 0.6) is 0 Å². The lowest BCUT2D eigenvalue weighted by molar-refractivity contribution is -0.305. The quantitative estimate of drug-likeness (QED) is 0.595. The van der Waals surface area contributed by atoms with E-state index >= 15 is 0 Å². The predicted molar refractivity (Wildman–Crippen MR) is 62.1 cm³/mol. The van der Waals surface area contributed by atoms with Gasteiger partial charge in [0.05, 0.1) is 11.2 Å². The second-order valence-electron chi connectivity index (χ2n) is 3.26. The zero-order chi connectivity index (χ0) is 12.1. The van der Waals surface area contributed by atoms with Crippen molar-refractivity contribution >= 4 is 17.7 Å². The van der Waals surface area contributed by atoms with Gasteiger partial charge in [0, 0.05) is 12.4 Å². The summed E-state index contributed by atoms with van der Waals surface area (Å²) in [6.07, 6.45) is 3.15. The number of carboxylic acids is 1. The van der Waals surface area contributed by atoms with E-state index in [2.05, 4.69) is 9.97 Å². The van der Waals surface area contributed by atoms with Crippen molar-refractivity contribution in [3.63, 3.8) is 0 Å². The maximum absolute atomic E-state index is 11.1. The molecule has 0 aliphatic rings. The Morgan fingerprint density at radius 2 is 1.76 bits per heavy atom.